The van der Waals surface area contributed by atoms with Gasteiger partial charge < -0.3 is 65.1 Å². The van der Waals surface area contributed by atoms with Gasteiger partial charge in [0.2, 0.25) is 5.91 Å². The van der Waals surface area contributed by atoms with Gasteiger partial charge in [-0.1, -0.05) is 346 Å². The Morgan fingerprint density at radius 3 is 1.03 bits per heavy atom. The summed E-state index contributed by atoms with van der Waals surface area (Å²) in [6, 6.07) is -0.912. The smallest absolute Gasteiger partial charge is 0.220 e. The van der Waals surface area contributed by atoms with Gasteiger partial charge >= 0.3 is 0 Å². The summed E-state index contributed by atoms with van der Waals surface area (Å²) in [6.07, 6.45) is 64.3. The van der Waals surface area contributed by atoms with Crippen molar-refractivity contribution in [1.29, 1.82) is 0 Å². The van der Waals surface area contributed by atoms with Crippen LogP contribution in [0.25, 0.3) is 0 Å². The lowest BCUT2D eigenvalue weighted by Crippen LogP contribution is -2.65. The van der Waals surface area contributed by atoms with Crippen LogP contribution in [0.3, 0.4) is 0 Å². The van der Waals surface area contributed by atoms with Crippen molar-refractivity contribution in [3.05, 3.63) is 24.3 Å². The van der Waals surface area contributed by atoms with E-state index >= 15 is 0 Å². The third-order valence-corrected chi connectivity index (χ3v) is 19.6. The van der Waals surface area contributed by atoms with E-state index in [-0.39, 0.29) is 18.9 Å². The van der Waals surface area contributed by atoms with Crippen LogP contribution < -0.4 is 5.32 Å². The second-order valence-corrected chi connectivity index (χ2v) is 28.2. The van der Waals surface area contributed by atoms with Gasteiger partial charge in [-0.3, -0.25) is 4.79 Å². The first-order chi connectivity index (χ1) is 45.1. The standard InChI is InChI=1S/C78H149NO13/c1-3-5-7-9-11-13-15-17-19-21-22-23-24-25-26-27-28-29-30-31-32-33-34-35-36-37-38-39-40-41-42-43-44-46-48-50-52-54-56-58-60-62-70(83)79-66(67(82)61-59-57-55-53-51-49-47-45-20-18-16-14-12-10-8-6-4-2)65-89-77-75(88)73(86)76(69(64-81)91-77)92-78-74(87)72(85)71(84)68(63-80)90-78/h21-22,59,61,66-69,71-78,80-82,84-88H,3-20,23-58,60,62-65H2,1-2H3,(H,79,83)/b22-21-,61-59+. The summed E-state index contributed by atoms with van der Waals surface area (Å²) < 4.78 is 22.9. The first kappa shape index (κ1) is 86.6. The van der Waals surface area contributed by atoms with Gasteiger partial charge in [0.15, 0.2) is 12.6 Å². The summed E-state index contributed by atoms with van der Waals surface area (Å²) in [5.41, 5.74) is 0. The number of carbonyl (C=O) groups is 1. The number of allylic oxidation sites excluding steroid dienone is 3. The quantitative estimate of drug-likeness (QED) is 0.0204. The lowest BCUT2D eigenvalue weighted by Gasteiger charge is -2.46. The van der Waals surface area contributed by atoms with E-state index in [0.29, 0.717) is 6.42 Å². The molecule has 0 aromatic heterocycles. The van der Waals surface area contributed by atoms with E-state index in [1.807, 2.05) is 6.08 Å². The Hall–Kier alpha value is -1.53. The van der Waals surface area contributed by atoms with E-state index in [0.717, 1.165) is 38.5 Å². The highest BCUT2D eigenvalue weighted by molar-refractivity contribution is 5.76. The minimum absolute atomic E-state index is 0.231. The van der Waals surface area contributed by atoms with E-state index in [4.69, 9.17) is 18.9 Å². The molecule has 12 atom stereocenters. The van der Waals surface area contributed by atoms with Crippen LogP contribution in [0, 0.1) is 0 Å². The number of carbonyl (C=O) groups excluding carboxylic acids is 1. The lowest BCUT2D eigenvalue weighted by molar-refractivity contribution is -0.359. The predicted molar refractivity (Wildman–Crippen MR) is 378 cm³/mol. The molecular formula is C78H149NO13. The zero-order chi connectivity index (χ0) is 66.6. The molecule has 2 aliphatic heterocycles. The molecule has 14 heteroatoms. The number of unbranched alkanes of at least 4 members (excludes halogenated alkanes) is 52. The SMILES string of the molecule is CCCCCCCCCC/C=C\CCCCCCCCCCCCCCCCCCCCCCCCCCCCCCCC(=O)NC(COC1OC(CO)C(OC2OC(CO)C(O)C(O)C2O)C(O)C1O)C(O)/C=C/CCCCCCCCCCCCCCCCC. The van der Waals surface area contributed by atoms with Crippen molar-refractivity contribution in [2.75, 3.05) is 19.8 Å². The van der Waals surface area contributed by atoms with Crippen LogP contribution in [0.2, 0.25) is 0 Å². The maximum Gasteiger partial charge on any atom is 0.220 e. The van der Waals surface area contributed by atoms with Crippen molar-refractivity contribution < 1.29 is 64.6 Å². The van der Waals surface area contributed by atoms with E-state index in [1.54, 1.807) is 6.08 Å². The third-order valence-electron chi connectivity index (χ3n) is 19.6. The second-order valence-electron chi connectivity index (χ2n) is 28.2. The maximum absolute atomic E-state index is 13.3. The molecule has 2 fully saturated rings. The third kappa shape index (κ3) is 45.9. The van der Waals surface area contributed by atoms with Crippen LogP contribution in [0.1, 0.15) is 373 Å². The molecule has 544 valence electrons. The van der Waals surface area contributed by atoms with Gasteiger partial charge in [0.25, 0.3) is 0 Å². The highest BCUT2D eigenvalue weighted by Gasteiger charge is 2.51. The summed E-state index contributed by atoms with van der Waals surface area (Å²) in [5, 5.41) is 87.5. The van der Waals surface area contributed by atoms with Crippen molar-refractivity contribution in [2.45, 2.75) is 447 Å². The van der Waals surface area contributed by atoms with Crippen LogP contribution in [-0.2, 0) is 23.7 Å². The van der Waals surface area contributed by atoms with Gasteiger partial charge in [-0.15, -0.1) is 0 Å². The normalized spacial score (nSPS) is 22.7. The lowest BCUT2D eigenvalue weighted by atomic mass is 9.97. The number of hydrogen-bond acceptors (Lipinski definition) is 13. The molecular weight excluding hydrogens is 1160 g/mol. The summed E-state index contributed by atoms with van der Waals surface area (Å²) in [7, 11) is 0. The molecule has 2 rings (SSSR count). The zero-order valence-corrected chi connectivity index (χ0v) is 59.6. The fraction of sp³-hybridized carbons (Fsp3) is 0.936. The van der Waals surface area contributed by atoms with Crippen molar-refractivity contribution in [3.8, 4) is 0 Å². The Balaban J connectivity index is 1.53. The number of aliphatic hydroxyl groups is 8. The average Bonchev–Trinajstić information content (AvgIpc) is 0.856. The monoisotopic (exact) mass is 1310 g/mol. The van der Waals surface area contributed by atoms with Crippen molar-refractivity contribution in [1.82, 2.24) is 5.32 Å². The first-order valence-electron chi connectivity index (χ1n) is 39.6. The number of aliphatic hydroxyl groups excluding tert-OH is 8. The number of amides is 1. The number of nitrogens with one attached hydrogen (secondary N) is 1. The van der Waals surface area contributed by atoms with Gasteiger partial charge in [0.05, 0.1) is 32.0 Å². The number of rotatable bonds is 67. The topological polar surface area (TPSA) is 228 Å². The van der Waals surface area contributed by atoms with Crippen LogP contribution in [0.4, 0.5) is 0 Å². The largest absolute Gasteiger partial charge is 0.394 e. The molecule has 0 bridgehead atoms. The molecule has 0 aromatic rings. The molecule has 9 N–H and O–H groups in total. The number of hydrogen-bond donors (Lipinski definition) is 9. The Bertz CT molecular complexity index is 1640. The van der Waals surface area contributed by atoms with Crippen molar-refractivity contribution in [2.24, 2.45) is 0 Å². The minimum Gasteiger partial charge on any atom is -0.394 e. The number of ether oxygens (including phenoxy) is 4. The molecule has 12 unspecified atom stereocenters. The maximum atomic E-state index is 13.3. The second kappa shape index (κ2) is 63.0. The Labute approximate surface area is 564 Å². The highest BCUT2D eigenvalue weighted by atomic mass is 16.7. The fourth-order valence-electron chi connectivity index (χ4n) is 13.4. The van der Waals surface area contributed by atoms with Crippen LogP contribution >= 0.6 is 0 Å². The van der Waals surface area contributed by atoms with E-state index in [2.05, 4.69) is 31.3 Å². The molecule has 0 aromatic carbocycles. The molecule has 2 aliphatic rings. The summed E-state index contributed by atoms with van der Waals surface area (Å²) >= 11 is 0. The van der Waals surface area contributed by atoms with Crippen LogP contribution in [0.15, 0.2) is 24.3 Å². The predicted octanol–water partition coefficient (Wildman–Crippen LogP) is 17.5. The molecule has 0 saturated carbocycles. The Kier molecular flexibility index (Phi) is 59.2. The van der Waals surface area contributed by atoms with E-state index in [9.17, 15) is 45.6 Å². The summed E-state index contributed by atoms with van der Waals surface area (Å²) in [5.74, 6) is -0.231. The molecule has 2 heterocycles. The van der Waals surface area contributed by atoms with Gasteiger partial charge in [-0.25, -0.2) is 0 Å². The minimum atomic E-state index is -1.79. The molecule has 0 spiro atoms. The summed E-state index contributed by atoms with van der Waals surface area (Å²) in [6.45, 7) is 2.85. The Morgan fingerprint density at radius 1 is 0.380 bits per heavy atom. The molecule has 1 amide bonds. The average molecular weight is 1310 g/mol. The molecule has 0 aliphatic carbocycles. The van der Waals surface area contributed by atoms with Gasteiger partial charge in [-0.05, 0) is 44.9 Å². The fourth-order valence-corrected chi connectivity index (χ4v) is 13.4. The van der Waals surface area contributed by atoms with Crippen molar-refractivity contribution in [3.63, 3.8) is 0 Å². The zero-order valence-electron chi connectivity index (χ0n) is 59.6. The van der Waals surface area contributed by atoms with E-state index in [1.165, 1.54) is 308 Å². The van der Waals surface area contributed by atoms with Crippen LogP contribution in [0.5, 0.6) is 0 Å². The van der Waals surface area contributed by atoms with Gasteiger partial charge in [0, 0.05) is 6.42 Å². The first-order valence-corrected chi connectivity index (χ1v) is 39.6. The molecule has 14 nitrogen and oxygen atoms in total. The van der Waals surface area contributed by atoms with E-state index < -0.39 is 86.8 Å². The van der Waals surface area contributed by atoms with Crippen LogP contribution in [-0.4, -0.2) is 140 Å². The summed E-state index contributed by atoms with van der Waals surface area (Å²) in [4.78, 5) is 13.3. The molecule has 0 radical (unpaired) electrons. The van der Waals surface area contributed by atoms with Gasteiger partial charge in [0.1, 0.15) is 48.8 Å². The molecule has 92 heavy (non-hydrogen) atoms. The Morgan fingerprint density at radius 2 is 0.685 bits per heavy atom. The van der Waals surface area contributed by atoms with Gasteiger partial charge in [-0.2, -0.15) is 0 Å². The molecule has 2 saturated heterocycles. The highest BCUT2D eigenvalue weighted by Crippen LogP contribution is 2.30. The van der Waals surface area contributed by atoms with Crippen molar-refractivity contribution >= 4 is 5.91 Å².